The van der Waals surface area contributed by atoms with E-state index in [0.717, 1.165) is 0 Å². The molecule has 1 aromatic rings. The van der Waals surface area contributed by atoms with Gasteiger partial charge in [-0.05, 0) is 12.5 Å². The van der Waals surface area contributed by atoms with Crippen LogP contribution in [0, 0.1) is 5.41 Å². The fraction of sp³-hybridized carbons (Fsp3) is 0.615. The molecule has 122 valence electrons. The highest BCUT2D eigenvalue weighted by atomic mass is 35.5. The van der Waals surface area contributed by atoms with Gasteiger partial charge in [0.05, 0.1) is 6.61 Å². The van der Waals surface area contributed by atoms with E-state index in [-0.39, 0.29) is 36.5 Å². The van der Waals surface area contributed by atoms with Crippen molar-refractivity contribution < 1.29 is 24.1 Å². The van der Waals surface area contributed by atoms with Gasteiger partial charge in [-0.25, -0.2) is 0 Å². The number of esters is 1. The number of aliphatic hydroxyl groups excluding tert-OH is 1. The van der Waals surface area contributed by atoms with Gasteiger partial charge < -0.3 is 19.3 Å². The van der Waals surface area contributed by atoms with E-state index < -0.39 is 24.5 Å². The van der Waals surface area contributed by atoms with Gasteiger partial charge in [-0.1, -0.05) is 6.92 Å². The average molecular weight is 332 g/mol. The molecule has 0 saturated carbocycles. The maximum Gasteiger partial charge on any atom is 0.306 e. The zero-order valence-electron chi connectivity index (χ0n) is 12.0. The minimum absolute atomic E-state index is 0. The van der Waals surface area contributed by atoms with Crippen molar-refractivity contribution in [2.24, 2.45) is 0 Å². The summed E-state index contributed by atoms with van der Waals surface area (Å²) in [6.45, 7) is 1.62. The number of carbonyl (C=O) groups is 1. The van der Waals surface area contributed by atoms with Crippen molar-refractivity contribution in [3.8, 4) is 6.01 Å². The Morgan fingerprint density at radius 2 is 2.36 bits per heavy atom. The molecule has 2 aliphatic heterocycles. The van der Waals surface area contributed by atoms with Crippen molar-refractivity contribution in [2.75, 3.05) is 6.61 Å². The highest BCUT2D eigenvalue weighted by molar-refractivity contribution is 5.85. The monoisotopic (exact) mass is 331 g/mol. The Morgan fingerprint density at radius 1 is 1.59 bits per heavy atom. The zero-order chi connectivity index (χ0) is 15.0. The quantitative estimate of drug-likeness (QED) is 0.760. The smallest absolute Gasteiger partial charge is 0.306 e. The molecule has 2 N–H and O–H groups in total. The van der Waals surface area contributed by atoms with Crippen LogP contribution in [0.3, 0.4) is 0 Å². The number of nitrogens with one attached hydrogen (secondary N) is 1. The molecule has 9 heteroatoms. The number of rotatable bonds is 4. The third-order valence-electron chi connectivity index (χ3n) is 3.53. The molecule has 0 aliphatic carbocycles. The van der Waals surface area contributed by atoms with Crippen LogP contribution in [0.5, 0.6) is 6.01 Å². The Hall–Kier alpha value is -1.64. The number of halogens is 1. The molecule has 0 unspecified atom stereocenters. The fourth-order valence-electron chi connectivity index (χ4n) is 2.58. The molecular formula is C13H18ClN3O5. The summed E-state index contributed by atoms with van der Waals surface area (Å²) in [6.07, 6.45) is 0.250. The average Bonchev–Trinajstić information content (AvgIpc) is 2.95. The van der Waals surface area contributed by atoms with Crippen LogP contribution < -0.4 is 10.2 Å². The Balaban J connectivity index is 0.00000176. The molecule has 1 aromatic heterocycles. The van der Waals surface area contributed by atoms with Gasteiger partial charge in [0.1, 0.15) is 6.10 Å². The van der Waals surface area contributed by atoms with E-state index in [4.69, 9.17) is 19.6 Å². The first-order valence-electron chi connectivity index (χ1n) is 6.90. The van der Waals surface area contributed by atoms with Gasteiger partial charge >= 0.3 is 12.0 Å². The molecule has 3 rings (SSSR count). The molecule has 0 radical (unpaired) electrons. The van der Waals surface area contributed by atoms with Crippen molar-refractivity contribution in [3.05, 3.63) is 17.8 Å². The third-order valence-corrected chi connectivity index (χ3v) is 3.53. The predicted molar refractivity (Wildman–Crippen MR) is 75.5 cm³/mol. The number of fused-ring (bicyclic) bond motifs is 3. The summed E-state index contributed by atoms with van der Waals surface area (Å²) < 4.78 is 18.4. The van der Waals surface area contributed by atoms with Gasteiger partial charge in [0, 0.05) is 12.6 Å². The third kappa shape index (κ3) is 2.81. The Bertz CT molecular complexity index is 608. The second kappa shape index (κ2) is 6.64. The topological polar surface area (TPSA) is 107 Å². The predicted octanol–water partition coefficient (Wildman–Crippen LogP) is 0.147. The number of ether oxygens (including phenoxy) is 3. The molecule has 0 bridgehead atoms. The van der Waals surface area contributed by atoms with Gasteiger partial charge in [-0.15, -0.1) is 12.4 Å². The summed E-state index contributed by atoms with van der Waals surface area (Å²) in [4.78, 5) is 15.7. The second-order valence-electron chi connectivity index (χ2n) is 5.04. The number of aromatic nitrogens is 2. The highest BCUT2D eigenvalue weighted by Gasteiger charge is 2.53. The lowest BCUT2D eigenvalue weighted by molar-refractivity contribution is -0.156. The minimum Gasteiger partial charge on any atom is -0.455 e. The van der Waals surface area contributed by atoms with E-state index >= 15 is 0 Å². The van der Waals surface area contributed by atoms with Crippen LogP contribution in [-0.4, -0.2) is 45.5 Å². The number of aliphatic hydroxyl groups is 1. The van der Waals surface area contributed by atoms with E-state index in [0.29, 0.717) is 12.8 Å². The van der Waals surface area contributed by atoms with Crippen LogP contribution in [0.4, 0.5) is 0 Å². The molecule has 1 saturated heterocycles. The molecule has 0 aromatic carbocycles. The van der Waals surface area contributed by atoms with Gasteiger partial charge in [-0.3, -0.25) is 14.8 Å². The molecule has 1 fully saturated rings. The summed E-state index contributed by atoms with van der Waals surface area (Å²) in [5.74, 6) is -0.344. The Morgan fingerprint density at radius 3 is 3.05 bits per heavy atom. The Labute approximate surface area is 132 Å². The molecular weight excluding hydrogens is 314 g/mol. The summed E-state index contributed by atoms with van der Waals surface area (Å²) in [6, 6.07) is 1.77. The summed E-state index contributed by atoms with van der Waals surface area (Å²) in [7, 11) is 0. The second-order valence-corrected chi connectivity index (χ2v) is 5.04. The van der Waals surface area contributed by atoms with E-state index in [2.05, 4.69) is 4.98 Å². The lowest BCUT2D eigenvalue weighted by Crippen LogP contribution is -2.39. The van der Waals surface area contributed by atoms with Crippen molar-refractivity contribution in [3.63, 3.8) is 0 Å². The van der Waals surface area contributed by atoms with Gasteiger partial charge in [0.15, 0.2) is 23.9 Å². The maximum atomic E-state index is 11.7. The van der Waals surface area contributed by atoms with Crippen LogP contribution in [-0.2, 0) is 14.3 Å². The lowest BCUT2D eigenvalue weighted by Gasteiger charge is -2.20. The van der Waals surface area contributed by atoms with Crippen LogP contribution in [0.15, 0.2) is 12.3 Å². The zero-order valence-corrected chi connectivity index (χ0v) is 12.8. The number of hydrogen-bond acceptors (Lipinski definition) is 7. The minimum atomic E-state index is -0.685. The largest absolute Gasteiger partial charge is 0.455 e. The van der Waals surface area contributed by atoms with Gasteiger partial charge in [0.25, 0.3) is 0 Å². The highest BCUT2D eigenvalue weighted by Crippen LogP contribution is 2.40. The van der Waals surface area contributed by atoms with Crippen molar-refractivity contribution >= 4 is 18.4 Å². The SMILES string of the molecule is CCCC(=O)O[C@H]1[C@@H]2Oc3nc(=N)ccn3[C@@H]2O[C@@H]1CO.Cl. The summed E-state index contributed by atoms with van der Waals surface area (Å²) >= 11 is 0. The molecule has 3 heterocycles. The van der Waals surface area contributed by atoms with E-state index in [1.165, 1.54) is 6.07 Å². The van der Waals surface area contributed by atoms with Crippen LogP contribution in [0.25, 0.3) is 0 Å². The first-order valence-corrected chi connectivity index (χ1v) is 6.90. The van der Waals surface area contributed by atoms with Crippen LogP contribution in [0.2, 0.25) is 0 Å². The molecule has 0 amide bonds. The first-order chi connectivity index (χ1) is 10.1. The number of carbonyl (C=O) groups excluding carboxylic acids is 1. The molecule has 0 spiro atoms. The summed E-state index contributed by atoms with van der Waals surface area (Å²) in [5, 5.41) is 16.9. The fourth-order valence-corrected chi connectivity index (χ4v) is 2.58. The lowest BCUT2D eigenvalue weighted by atomic mass is 10.1. The van der Waals surface area contributed by atoms with Crippen molar-refractivity contribution in [1.82, 2.24) is 9.55 Å². The van der Waals surface area contributed by atoms with E-state index in [1.807, 2.05) is 6.92 Å². The van der Waals surface area contributed by atoms with E-state index in [1.54, 1.807) is 10.8 Å². The first kappa shape index (κ1) is 16.7. The number of nitrogens with zero attached hydrogens (tertiary/aromatic N) is 2. The van der Waals surface area contributed by atoms with E-state index in [9.17, 15) is 9.90 Å². The number of hydrogen-bond donors (Lipinski definition) is 2. The van der Waals surface area contributed by atoms with Crippen LogP contribution in [0.1, 0.15) is 26.0 Å². The standard InChI is InChI=1S/C13H17N3O5.ClH/c1-2-3-9(18)20-10-7(6-17)19-12-11(10)21-13-15-8(14)4-5-16(12)13;/h4-5,7,10-12,14,17H,2-3,6H2,1H3;1H/t7-,10-,11+,12-;/m1./s1. The molecule has 4 atom stereocenters. The Kier molecular flexibility index (Phi) is 5.05. The van der Waals surface area contributed by atoms with Crippen molar-refractivity contribution in [2.45, 2.75) is 44.3 Å². The van der Waals surface area contributed by atoms with Crippen molar-refractivity contribution in [1.29, 1.82) is 5.41 Å². The van der Waals surface area contributed by atoms with Crippen LogP contribution >= 0.6 is 12.4 Å². The molecule has 22 heavy (non-hydrogen) atoms. The van der Waals surface area contributed by atoms with Gasteiger partial charge in [0.2, 0.25) is 0 Å². The summed E-state index contributed by atoms with van der Waals surface area (Å²) in [5.41, 5.74) is 0.0828. The molecule has 2 aliphatic rings. The van der Waals surface area contributed by atoms with Gasteiger partial charge in [-0.2, -0.15) is 4.98 Å². The molecule has 8 nitrogen and oxygen atoms in total. The normalized spacial score (nSPS) is 28.3. The maximum absolute atomic E-state index is 11.7.